The molecule has 6 heteroatoms. The van der Waals surface area contributed by atoms with Crippen LogP contribution in [0.1, 0.15) is 19.8 Å². The Morgan fingerprint density at radius 3 is 2.81 bits per heavy atom. The van der Waals surface area contributed by atoms with E-state index in [1.54, 1.807) is 12.1 Å². The van der Waals surface area contributed by atoms with E-state index in [0.717, 1.165) is 37.4 Å². The molecule has 1 aliphatic heterocycles. The summed E-state index contributed by atoms with van der Waals surface area (Å²) in [6, 6.07) is 5.79. The second-order valence-corrected chi connectivity index (χ2v) is 5.73. The molecule has 1 unspecified atom stereocenters. The summed E-state index contributed by atoms with van der Waals surface area (Å²) in [6.45, 7) is 4.61. The molecule has 1 fully saturated rings. The minimum atomic E-state index is -0.322. The van der Waals surface area contributed by atoms with Crippen LogP contribution in [0.2, 0.25) is 0 Å². The third kappa shape index (κ3) is 3.85. The van der Waals surface area contributed by atoms with Crippen molar-refractivity contribution < 1.29 is 4.92 Å². The molecule has 1 aliphatic rings. The Hall–Kier alpha value is -1.82. The zero-order valence-corrected chi connectivity index (χ0v) is 13.0. The van der Waals surface area contributed by atoms with Gasteiger partial charge in [-0.15, -0.1) is 0 Å². The van der Waals surface area contributed by atoms with Crippen LogP contribution in [0.3, 0.4) is 0 Å². The number of nitro benzene ring substituents is 1. The van der Waals surface area contributed by atoms with Crippen molar-refractivity contribution in [1.82, 2.24) is 4.90 Å². The molecule has 0 spiro atoms. The fourth-order valence-corrected chi connectivity index (χ4v) is 2.80. The molecule has 0 aliphatic carbocycles. The van der Waals surface area contributed by atoms with Crippen LogP contribution >= 0.6 is 0 Å². The highest BCUT2D eigenvalue weighted by molar-refractivity contribution is 5.64. The van der Waals surface area contributed by atoms with Crippen molar-refractivity contribution in [3.05, 3.63) is 28.3 Å². The van der Waals surface area contributed by atoms with Gasteiger partial charge in [0.25, 0.3) is 5.69 Å². The Morgan fingerprint density at radius 2 is 2.19 bits per heavy atom. The molecule has 116 valence electrons. The maximum atomic E-state index is 11.1. The van der Waals surface area contributed by atoms with Crippen molar-refractivity contribution in [3.63, 3.8) is 0 Å². The Bertz CT molecular complexity index is 504. The Kier molecular flexibility index (Phi) is 5.01. The Morgan fingerprint density at radius 1 is 1.43 bits per heavy atom. The zero-order chi connectivity index (χ0) is 15.4. The molecule has 1 saturated heterocycles. The number of piperidine rings is 1. The van der Waals surface area contributed by atoms with Gasteiger partial charge in [-0.3, -0.25) is 10.1 Å². The topological polar surface area (TPSA) is 61.6 Å². The van der Waals surface area contributed by atoms with Crippen LogP contribution in [0, 0.1) is 10.1 Å². The summed E-state index contributed by atoms with van der Waals surface area (Å²) in [5, 5.41) is 14.3. The molecule has 0 bridgehead atoms. The average Bonchev–Trinajstić information content (AvgIpc) is 2.47. The number of nitrogens with one attached hydrogen (secondary N) is 1. The summed E-state index contributed by atoms with van der Waals surface area (Å²) < 4.78 is 0. The standard InChI is InChI=1S/C15H24N4O2/c1-4-16-12-8-14(10-15(9-12)19(20)21)18-7-5-6-13(11-18)17(2)3/h8-10,13,16H,4-7,11H2,1-3H3. The van der Waals surface area contributed by atoms with Crippen molar-refractivity contribution in [2.24, 2.45) is 0 Å². The van der Waals surface area contributed by atoms with Gasteiger partial charge in [-0.25, -0.2) is 0 Å². The number of rotatable bonds is 5. The lowest BCUT2D eigenvalue weighted by molar-refractivity contribution is -0.384. The number of nitrogens with zero attached hydrogens (tertiary/aromatic N) is 3. The van der Waals surface area contributed by atoms with Crippen molar-refractivity contribution in [2.75, 3.05) is 43.9 Å². The van der Waals surface area contributed by atoms with E-state index in [-0.39, 0.29) is 10.6 Å². The summed E-state index contributed by atoms with van der Waals surface area (Å²) in [4.78, 5) is 15.3. The predicted octanol–water partition coefficient (Wildman–Crippen LogP) is 2.56. The first-order chi connectivity index (χ1) is 10.0. The lowest BCUT2D eigenvalue weighted by atomic mass is 10.0. The fraction of sp³-hybridized carbons (Fsp3) is 0.600. The number of anilines is 2. The van der Waals surface area contributed by atoms with Gasteiger partial charge in [0.1, 0.15) is 0 Å². The number of hydrogen-bond donors (Lipinski definition) is 1. The van der Waals surface area contributed by atoms with E-state index in [9.17, 15) is 10.1 Å². The molecule has 6 nitrogen and oxygen atoms in total. The smallest absolute Gasteiger partial charge is 0.273 e. The highest BCUT2D eigenvalue weighted by Crippen LogP contribution is 2.29. The van der Waals surface area contributed by atoms with Crippen molar-refractivity contribution in [2.45, 2.75) is 25.8 Å². The number of non-ortho nitro benzene ring substituents is 1. The summed E-state index contributed by atoms with van der Waals surface area (Å²) in [5.74, 6) is 0. The molecule has 1 atom stereocenters. The molecule has 2 rings (SSSR count). The van der Waals surface area contributed by atoms with Gasteiger partial charge in [0.05, 0.1) is 4.92 Å². The molecule has 21 heavy (non-hydrogen) atoms. The molecule has 1 heterocycles. The minimum Gasteiger partial charge on any atom is -0.385 e. The van der Waals surface area contributed by atoms with Gasteiger partial charge in [0, 0.05) is 49.2 Å². The lowest BCUT2D eigenvalue weighted by Crippen LogP contribution is -2.45. The van der Waals surface area contributed by atoms with Crippen LogP contribution in [-0.4, -0.2) is 49.6 Å². The van der Waals surface area contributed by atoms with Gasteiger partial charge in [-0.2, -0.15) is 0 Å². The lowest BCUT2D eigenvalue weighted by Gasteiger charge is -2.37. The SMILES string of the molecule is CCNc1cc(N2CCCC(N(C)C)C2)cc([N+](=O)[O-])c1. The Balaban J connectivity index is 2.26. The van der Waals surface area contributed by atoms with Gasteiger partial charge < -0.3 is 15.1 Å². The van der Waals surface area contributed by atoms with Gasteiger partial charge in [0.15, 0.2) is 0 Å². The quantitative estimate of drug-likeness (QED) is 0.667. The summed E-state index contributed by atoms with van der Waals surface area (Å²) in [5.41, 5.74) is 1.90. The van der Waals surface area contributed by atoms with Gasteiger partial charge in [-0.05, 0) is 39.9 Å². The van der Waals surface area contributed by atoms with Crippen molar-refractivity contribution >= 4 is 17.1 Å². The molecule has 0 radical (unpaired) electrons. The third-order valence-electron chi connectivity index (χ3n) is 3.99. The van der Waals surface area contributed by atoms with Gasteiger partial charge in [0.2, 0.25) is 0 Å². The van der Waals surface area contributed by atoms with Gasteiger partial charge in [-0.1, -0.05) is 0 Å². The van der Waals surface area contributed by atoms with E-state index in [2.05, 4.69) is 29.2 Å². The molecule has 1 aromatic carbocycles. The number of likely N-dealkylation sites (N-methyl/N-ethyl adjacent to an activating group) is 1. The first-order valence-electron chi connectivity index (χ1n) is 7.46. The van der Waals surface area contributed by atoms with Crippen LogP contribution in [0.4, 0.5) is 17.1 Å². The van der Waals surface area contributed by atoms with Crippen LogP contribution in [0.15, 0.2) is 18.2 Å². The number of hydrogen-bond acceptors (Lipinski definition) is 5. The van der Waals surface area contributed by atoms with E-state index in [1.165, 1.54) is 6.42 Å². The summed E-state index contributed by atoms with van der Waals surface area (Å²) in [7, 11) is 4.18. The predicted molar refractivity (Wildman–Crippen MR) is 86.2 cm³/mol. The molecule has 0 saturated carbocycles. The van der Waals surface area contributed by atoms with Crippen LogP contribution in [0.25, 0.3) is 0 Å². The zero-order valence-electron chi connectivity index (χ0n) is 13.0. The highest BCUT2D eigenvalue weighted by Gasteiger charge is 2.23. The second kappa shape index (κ2) is 6.76. The molecule has 0 aromatic heterocycles. The normalized spacial score (nSPS) is 18.9. The maximum Gasteiger partial charge on any atom is 0.273 e. The molecule has 1 N–H and O–H groups in total. The third-order valence-corrected chi connectivity index (χ3v) is 3.99. The largest absolute Gasteiger partial charge is 0.385 e. The Labute approximate surface area is 125 Å². The summed E-state index contributed by atoms with van der Waals surface area (Å²) in [6.07, 6.45) is 2.29. The van der Waals surface area contributed by atoms with Crippen LogP contribution < -0.4 is 10.2 Å². The van der Waals surface area contributed by atoms with E-state index in [1.807, 2.05) is 13.0 Å². The van der Waals surface area contributed by atoms with Crippen LogP contribution in [-0.2, 0) is 0 Å². The highest BCUT2D eigenvalue weighted by atomic mass is 16.6. The monoisotopic (exact) mass is 292 g/mol. The van der Waals surface area contributed by atoms with Crippen LogP contribution in [0.5, 0.6) is 0 Å². The van der Waals surface area contributed by atoms with E-state index in [0.29, 0.717) is 6.04 Å². The average molecular weight is 292 g/mol. The number of nitro groups is 1. The second-order valence-electron chi connectivity index (χ2n) is 5.73. The molecule has 0 amide bonds. The fourth-order valence-electron chi connectivity index (χ4n) is 2.80. The van der Waals surface area contributed by atoms with Crippen molar-refractivity contribution in [1.29, 1.82) is 0 Å². The molecular formula is C15H24N4O2. The first kappa shape index (κ1) is 15.6. The maximum absolute atomic E-state index is 11.1. The van der Waals surface area contributed by atoms with Gasteiger partial charge >= 0.3 is 0 Å². The first-order valence-corrected chi connectivity index (χ1v) is 7.46. The minimum absolute atomic E-state index is 0.149. The van der Waals surface area contributed by atoms with E-state index < -0.39 is 0 Å². The molecule has 1 aromatic rings. The van der Waals surface area contributed by atoms with E-state index in [4.69, 9.17) is 0 Å². The summed E-state index contributed by atoms with van der Waals surface area (Å²) >= 11 is 0. The van der Waals surface area contributed by atoms with Crippen molar-refractivity contribution in [3.8, 4) is 0 Å². The number of benzene rings is 1. The van der Waals surface area contributed by atoms with E-state index >= 15 is 0 Å². The molecular weight excluding hydrogens is 268 g/mol.